The van der Waals surface area contributed by atoms with Gasteiger partial charge in [-0.3, -0.25) is 0 Å². The molecule has 0 saturated heterocycles. The monoisotopic (exact) mass is 254 g/mol. The first kappa shape index (κ1) is 12.2. The fourth-order valence-corrected chi connectivity index (χ4v) is 2.55. The molecular weight excluding hydrogens is 236 g/mol. The van der Waals surface area contributed by atoms with Crippen LogP contribution in [0, 0.1) is 5.92 Å². The first-order chi connectivity index (χ1) is 9.34. The lowest BCUT2D eigenvalue weighted by Gasteiger charge is -2.12. The summed E-state index contributed by atoms with van der Waals surface area (Å²) in [5.74, 6) is 1.65. The summed E-state index contributed by atoms with van der Waals surface area (Å²) in [6, 6.07) is 20.0. The molecule has 3 atom stereocenters. The average Bonchev–Trinajstić information content (AvgIpc) is 3.27. The number of aliphatic hydroxyl groups excluding tert-OH is 1. The van der Waals surface area contributed by atoms with E-state index >= 15 is 0 Å². The number of para-hydroxylation sites is 1. The van der Waals surface area contributed by atoms with Gasteiger partial charge >= 0.3 is 0 Å². The minimum absolute atomic E-state index is 0.339. The van der Waals surface area contributed by atoms with Gasteiger partial charge in [-0.15, -0.1) is 0 Å². The molecule has 2 aromatic rings. The Bertz CT molecular complexity index is 509. The molecule has 1 aliphatic rings. The summed E-state index contributed by atoms with van der Waals surface area (Å²) >= 11 is 0. The maximum absolute atomic E-state index is 10.2. The topological polar surface area (TPSA) is 29.5 Å². The summed E-state index contributed by atoms with van der Waals surface area (Å²) in [7, 11) is 0. The van der Waals surface area contributed by atoms with Gasteiger partial charge in [0.1, 0.15) is 12.4 Å². The molecule has 2 aromatic carbocycles. The number of ether oxygens (including phenoxy) is 1. The fraction of sp³-hybridized carbons (Fsp3) is 0.294. The third kappa shape index (κ3) is 2.96. The van der Waals surface area contributed by atoms with Crippen molar-refractivity contribution in [1.29, 1.82) is 0 Å². The van der Waals surface area contributed by atoms with Gasteiger partial charge in [-0.05, 0) is 36.0 Å². The standard InChI is InChI=1S/C17H18O2/c18-17(12-19-14-9-5-2-6-10-14)16-11-15(16)13-7-3-1-4-8-13/h1-10,15-18H,11-12H2. The second-order valence-electron chi connectivity index (χ2n) is 5.11. The maximum atomic E-state index is 10.2. The molecule has 3 unspecified atom stereocenters. The van der Waals surface area contributed by atoms with Gasteiger partial charge < -0.3 is 9.84 Å². The molecule has 98 valence electrons. The molecule has 3 rings (SSSR count). The van der Waals surface area contributed by atoms with Gasteiger partial charge in [-0.1, -0.05) is 48.5 Å². The third-order valence-corrected chi connectivity index (χ3v) is 3.73. The molecule has 0 heterocycles. The van der Waals surface area contributed by atoms with Crippen LogP contribution in [0.1, 0.15) is 17.9 Å². The normalized spacial score (nSPS) is 22.8. The van der Waals surface area contributed by atoms with Gasteiger partial charge in [0.05, 0.1) is 6.10 Å². The largest absolute Gasteiger partial charge is 0.491 e. The van der Waals surface area contributed by atoms with Crippen LogP contribution in [0.3, 0.4) is 0 Å². The van der Waals surface area contributed by atoms with Crippen molar-refractivity contribution in [2.75, 3.05) is 6.61 Å². The minimum atomic E-state index is -0.384. The van der Waals surface area contributed by atoms with E-state index < -0.39 is 0 Å². The smallest absolute Gasteiger partial charge is 0.119 e. The van der Waals surface area contributed by atoms with E-state index in [4.69, 9.17) is 4.74 Å². The molecular formula is C17H18O2. The molecule has 2 nitrogen and oxygen atoms in total. The van der Waals surface area contributed by atoms with Gasteiger partial charge in [-0.2, -0.15) is 0 Å². The molecule has 0 spiro atoms. The number of rotatable bonds is 5. The highest BCUT2D eigenvalue weighted by Crippen LogP contribution is 2.49. The number of aliphatic hydroxyl groups is 1. The van der Waals surface area contributed by atoms with E-state index in [1.807, 2.05) is 36.4 Å². The Hall–Kier alpha value is -1.80. The Balaban J connectivity index is 1.52. The SMILES string of the molecule is OC(COc1ccccc1)C1CC1c1ccccc1. The molecule has 1 aliphatic carbocycles. The Morgan fingerprint density at radius 2 is 1.63 bits per heavy atom. The third-order valence-electron chi connectivity index (χ3n) is 3.73. The summed E-state index contributed by atoms with van der Waals surface area (Å²) in [6.45, 7) is 0.373. The van der Waals surface area contributed by atoms with Crippen molar-refractivity contribution < 1.29 is 9.84 Å². The highest BCUT2D eigenvalue weighted by Gasteiger charge is 2.43. The quantitative estimate of drug-likeness (QED) is 0.887. The summed E-state index contributed by atoms with van der Waals surface area (Å²) < 4.78 is 5.60. The number of hydrogen-bond donors (Lipinski definition) is 1. The van der Waals surface area contributed by atoms with Crippen LogP contribution in [0.15, 0.2) is 60.7 Å². The Kier molecular flexibility index (Phi) is 3.51. The highest BCUT2D eigenvalue weighted by atomic mass is 16.5. The second-order valence-corrected chi connectivity index (χ2v) is 5.11. The van der Waals surface area contributed by atoms with Crippen molar-refractivity contribution in [2.24, 2.45) is 5.92 Å². The van der Waals surface area contributed by atoms with E-state index in [0.29, 0.717) is 18.4 Å². The zero-order chi connectivity index (χ0) is 13.1. The van der Waals surface area contributed by atoms with E-state index in [2.05, 4.69) is 24.3 Å². The van der Waals surface area contributed by atoms with E-state index in [1.54, 1.807) is 0 Å². The number of benzene rings is 2. The molecule has 19 heavy (non-hydrogen) atoms. The fourth-order valence-electron chi connectivity index (χ4n) is 2.55. The Morgan fingerprint density at radius 3 is 2.32 bits per heavy atom. The zero-order valence-electron chi connectivity index (χ0n) is 10.8. The van der Waals surface area contributed by atoms with Gasteiger partial charge in [0.25, 0.3) is 0 Å². The predicted molar refractivity (Wildman–Crippen MR) is 75.2 cm³/mol. The number of hydrogen-bond acceptors (Lipinski definition) is 2. The molecule has 1 N–H and O–H groups in total. The summed E-state index contributed by atoms with van der Waals surface area (Å²) in [5.41, 5.74) is 1.33. The molecule has 0 radical (unpaired) electrons. The van der Waals surface area contributed by atoms with Gasteiger partial charge in [0, 0.05) is 0 Å². The minimum Gasteiger partial charge on any atom is -0.491 e. The van der Waals surface area contributed by atoms with Gasteiger partial charge in [-0.25, -0.2) is 0 Å². The summed E-state index contributed by atoms with van der Waals surface area (Å²) in [5, 5.41) is 10.2. The van der Waals surface area contributed by atoms with Crippen molar-refractivity contribution in [2.45, 2.75) is 18.4 Å². The molecule has 1 saturated carbocycles. The van der Waals surface area contributed by atoms with Crippen LogP contribution >= 0.6 is 0 Å². The van der Waals surface area contributed by atoms with Crippen molar-refractivity contribution in [3.8, 4) is 5.75 Å². The summed E-state index contributed by atoms with van der Waals surface area (Å²) in [4.78, 5) is 0. The van der Waals surface area contributed by atoms with E-state index in [9.17, 15) is 5.11 Å². The first-order valence-electron chi connectivity index (χ1n) is 6.75. The van der Waals surface area contributed by atoms with Crippen molar-refractivity contribution in [3.63, 3.8) is 0 Å². The van der Waals surface area contributed by atoms with Crippen LogP contribution in [0.4, 0.5) is 0 Å². The van der Waals surface area contributed by atoms with Crippen LogP contribution in [-0.4, -0.2) is 17.8 Å². The average molecular weight is 254 g/mol. The van der Waals surface area contributed by atoms with Crippen LogP contribution in [0.5, 0.6) is 5.75 Å². The first-order valence-corrected chi connectivity index (χ1v) is 6.75. The molecule has 0 aromatic heterocycles. The van der Waals surface area contributed by atoms with Crippen LogP contribution in [0.2, 0.25) is 0 Å². The molecule has 2 heteroatoms. The second kappa shape index (κ2) is 5.45. The van der Waals surface area contributed by atoms with Crippen molar-refractivity contribution >= 4 is 0 Å². The van der Waals surface area contributed by atoms with Crippen molar-refractivity contribution in [1.82, 2.24) is 0 Å². The van der Waals surface area contributed by atoms with Gasteiger partial charge in [0.2, 0.25) is 0 Å². The van der Waals surface area contributed by atoms with Crippen LogP contribution in [0.25, 0.3) is 0 Å². The maximum Gasteiger partial charge on any atom is 0.119 e. The lowest BCUT2D eigenvalue weighted by molar-refractivity contribution is 0.0877. The highest BCUT2D eigenvalue weighted by molar-refractivity contribution is 5.26. The van der Waals surface area contributed by atoms with E-state index in [-0.39, 0.29) is 6.10 Å². The van der Waals surface area contributed by atoms with Crippen LogP contribution < -0.4 is 4.74 Å². The van der Waals surface area contributed by atoms with E-state index in [0.717, 1.165) is 12.2 Å². The lowest BCUT2D eigenvalue weighted by Crippen LogP contribution is -2.20. The zero-order valence-corrected chi connectivity index (χ0v) is 10.8. The molecule has 0 aliphatic heterocycles. The molecule has 1 fully saturated rings. The van der Waals surface area contributed by atoms with E-state index in [1.165, 1.54) is 5.56 Å². The predicted octanol–water partition coefficient (Wildman–Crippen LogP) is 3.23. The van der Waals surface area contributed by atoms with Gasteiger partial charge in [0.15, 0.2) is 0 Å². The Morgan fingerprint density at radius 1 is 1.00 bits per heavy atom. The lowest BCUT2D eigenvalue weighted by atomic mass is 10.1. The summed E-state index contributed by atoms with van der Waals surface area (Å²) in [6.07, 6.45) is 0.675. The molecule has 0 bridgehead atoms. The molecule has 0 amide bonds. The van der Waals surface area contributed by atoms with Crippen molar-refractivity contribution in [3.05, 3.63) is 66.2 Å². The Labute approximate surface area is 113 Å². The van der Waals surface area contributed by atoms with Crippen LogP contribution in [-0.2, 0) is 0 Å².